The highest BCUT2D eigenvalue weighted by molar-refractivity contribution is 9.10. The first kappa shape index (κ1) is 23.8. The van der Waals surface area contributed by atoms with E-state index in [0.29, 0.717) is 6.73 Å². The SMILES string of the molecule is COc1ccc(-c2c(-c3ccc(C)cc3Br)n(COCC[Si](C)(C)C)c3ccccc23)cc1. The molecule has 4 rings (SSSR count). The van der Waals surface area contributed by atoms with E-state index < -0.39 is 8.07 Å². The number of fused-ring (bicyclic) bond motifs is 1. The van der Waals surface area contributed by atoms with E-state index in [1.54, 1.807) is 7.11 Å². The monoisotopic (exact) mass is 521 g/mol. The Kier molecular flexibility index (Phi) is 7.12. The maximum Gasteiger partial charge on any atom is 0.123 e. The molecule has 3 nitrogen and oxygen atoms in total. The van der Waals surface area contributed by atoms with E-state index >= 15 is 0 Å². The van der Waals surface area contributed by atoms with Crippen molar-refractivity contribution in [2.24, 2.45) is 0 Å². The van der Waals surface area contributed by atoms with Crippen LogP contribution in [-0.4, -0.2) is 26.4 Å². The van der Waals surface area contributed by atoms with Crippen LogP contribution in [0.5, 0.6) is 5.75 Å². The van der Waals surface area contributed by atoms with E-state index in [0.717, 1.165) is 34.0 Å². The van der Waals surface area contributed by atoms with Crippen LogP contribution in [0.1, 0.15) is 5.56 Å². The molecule has 0 aliphatic carbocycles. The molecule has 0 amide bonds. The number of aryl methyl sites for hydroxylation is 1. The van der Waals surface area contributed by atoms with Gasteiger partial charge in [-0.1, -0.05) is 78.0 Å². The zero-order valence-electron chi connectivity index (χ0n) is 20.1. The third-order valence-electron chi connectivity index (χ3n) is 5.95. The second-order valence-electron chi connectivity index (χ2n) is 9.73. The van der Waals surface area contributed by atoms with Gasteiger partial charge in [-0.2, -0.15) is 0 Å². The number of methoxy groups -OCH3 is 1. The van der Waals surface area contributed by atoms with Gasteiger partial charge >= 0.3 is 0 Å². The summed E-state index contributed by atoms with van der Waals surface area (Å²) in [7, 11) is 0.550. The Bertz CT molecular complexity index is 1260. The van der Waals surface area contributed by atoms with Gasteiger partial charge in [-0.15, -0.1) is 0 Å². The van der Waals surface area contributed by atoms with Crippen LogP contribution in [0.3, 0.4) is 0 Å². The second-order valence-corrected chi connectivity index (χ2v) is 16.2. The normalized spacial score (nSPS) is 11.8. The lowest BCUT2D eigenvalue weighted by atomic mass is 9.98. The molecule has 0 spiro atoms. The molecule has 1 heterocycles. The van der Waals surface area contributed by atoms with Crippen molar-refractivity contribution >= 4 is 34.9 Å². The second kappa shape index (κ2) is 9.88. The summed E-state index contributed by atoms with van der Waals surface area (Å²) in [5, 5.41) is 1.22. The van der Waals surface area contributed by atoms with Crippen LogP contribution < -0.4 is 4.74 Å². The molecular formula is C28H32BrNO2Si. The topological polar surface area (TPSA) is 23.4 Å². The molecule has 0 radical (unpaired) electrons. The summed E-state index contributed by atoms with van der Waals surface area (Å²) >= 11 is 3.84. The Morgan fingerprint density at radius 1 is 0.939 bits per heavy atom. The van der Waals surface area contributed by atoms with E-state index in [1.165, 1.54) is 27.7 Å². The highest BCUT2D eigenvalue weighted by Crippen LogP contribution is 2.43. The zero-order valence-corrected chi connectivity index (χ0v) is 22.7. The van der Waals surface area contributed by atoms with Crippen molar-refractivity contribution in [1.82, 2.24) is 4.57 Å². The van der Waals surface area contributed by atoms with Crippen LogP contribution in [0.25, 0.3) is 33.3 Å². The summed E-state index contributed by atoms with van der Waals surface area (Å²) in [6.07, 6.45) is 0. The van der Waals surface area contributed by atoms with Crippen LogP contribution in [-0.2, 0) is 11.5 Å². The fraction of sp³-hybridized carbons (Fsp3) is 0.286. The number of nitrogens with zero attached hydrogens (tertiary/aromatic N) is 1. The van der Waals surface area contributed by atoms with Gasteiger partial charge in [0.15, 0.2) is 0 Å². The summed E-state index contributed by atoms with van der Waals surface area (Å²) < 4.78 is 15.1. The minimum Gasteiger partial charge on any atom is -0.497 e. The average molecular weight is 523 g/mol. The van der Waals surface area contributed by atoms with E-state index in [4.69, 9.17) is 9.47 Å². The van der Waals surface area contributed by atoms with Crippen LogP contribution in [0.4, 0.5) is 0 Å². The van der Waals surface area contributed by atoms with Crippen LogP contribution >= 0.6 is 15.9 Å². The first-order chi connectivity index (χ1) is 15.8. The number of para-hydroxylation sites is 1. The van der Waals surface area contributed by atoms with Crippen molar-refractivity contribution in [2.45, 2.75) is 39.3 Å². The molecule has 4 aromatic rings. The summed E-state index contributed by atoms with van der Waals surface area (Å²) in [6, 6.07) is 24.7. The van der Waals surface area contributed by atoms with Crippen molar-refractivity contribution in [2.75, 3.05) is 13.7 Å². The summed E-state index contributed by atoms with van der Waals surface area (Å²) in [5.74, 6) is 0.857. The Morgan fingerprint density at radius 2 is 1.67 bits per heavy atom. The maximum absolute atomic E-state index is 6.28. The highest BCUT2D eigenvalue weighted by Gasteiger charge is 2.22. The minimum atomic E-state index is -1.15. The number of rotatable bonds is 8. The van der Waals surface area contributed by atoms with Crippen molar-refractivity contribution in [1.29, 1.82) is 0 Å². The number of hydrogen-bond acceptors (Lipinski definition) is 2. The lowest BCUT2D eigenvalue weighted by Crippen LogP contribution is -2.22. The number of benzene rings is 3. The molecule has 0 bridgehead atoms. The molecule has 0 N–H and O–H groups in total. The third kappa shape index (κ3) is 5.26. The Balaban J connectivity index is 1.91. The van der Waals surface area contributed by atoms with Gasteiger partial charge in [-0.25, -0.2) is 0 Å². The van der Waals surface area contributed by atoms with E-state index in [-0.39, 0.29) is 0 Å². The zero-order chi connectivity index (χ0) is 23.6. The van der Waals surface area contributed by atoms with Crippen molar-refractivity contribution in [3.63, 3.8) is 0 Å². The maximum atomic E-state index is 6.28. The standard InChI is InChI=1S/C28H32BrNO2Si/c1-20-10-15-23(25(29)18-20)28-27(21-11-13-22(31-2)14-12-21)24-8-6-7-9-26(24)30(28)19-32-16-17-33(3,4)5/h6-15,18H,16-17,19H2,1-5H3. The molecule has 1 aromatic heterocycles. The Hall–Kier alpha value is -2.34. The van der Waals surface area contributed by atoms with Gasteiger partial charge in [0.05, 0.1) is 18.3 Å². The molecule has 0 atom stereocenters. The smallest absolute Gasteiger partial charge is 0.123 e. The molecule has 172 valence electrons. The van der Waals surface area contributed by atoms with Crippen LogP contribution in [0.2, 0.25) is 25.7 Å². The molecule has 0 saturated carbocycles. The molecule has 33 heavy (non-hydrogen) atoms. The Morgan fingerprint density at radius 3 is 2.33 bits per heavy atom. The predicted molar refractivity (Wildman–Crippen MR) is 146 cm³/mol. The number of halogens is 1. The van der Waals surface area contributed by atoms with Gasteiger partial charge in [0.25, 0.3) is 0 Å². The fourth-order valence-corrected chi connectivity index (χ4v) is 5.55. The summed E-state index contributed by atoms with van der Waals surface area (Å²) in [6.45, 7) is 10.6. The van der Waals surface area contributed by atoms with E-state index in [1.807, 2.05) is 12.1 Å². The van der Waals surface area contributed by atoms with Crippen molar-refractivity contribution in [3.05, 3.63) is 76.8 Å². The van der Waals surface area contributed by atoms with Gasteiger partial charge in [0, 0.05) is 35.7 Å². The van der Waals surface area contributed by atoms with Crippen LogP contribution in [0, 0.1) is 6.92 Å². The largest absolute Gasteiger partial charge is 0.497 e. The number of aromatic nitrogens is 1. The molecule has 3 aromatic carbocycles. The highest BCUT2D eigenvalue weighted by atomic mass is 79.9. The molecule has 0 aliphatic heterocycles. The van der Waals surface area contributed by atoms with Crippen LogP contribution in [0.15, 0.2) is 71.2 Å². The van der Waals surface area contributed by atoms with E-state index in [2.05, 4.69) is 102 Å². The van der Waals surface area contributed by atoms with Gasteiger partial charge in [0.2, 0.25) is 0 Å². The first-order valence-electron chi connectivity index (χ1n) is 11.4. The van der Waals surface area contributed by atoms with Crippen molar-refractivity contribution in [3.8, 4) is 28.1 Å². The van der Waals surface area contributed by atoms with Gasteiger partial charge in [-0.05, 0) is 48.4 Å². The average Bonchev–Trinajstić information content (AvgIpc) is 3.10. The predicted octanol–water partition coefficient (Wildman–Crippen LogP) is 8.37. The molecular weight excluding hydrogens is 490 g/mol. The van der Waals surface area contributed by atoms with Gasteiger partial charge in [-0.3, -0.25) is 0 Å². The lowest BCUT2D eigenvalue weighted by Gasteiger charge is -2.18. The van der Waals surface area contributed by atoms with E-state index in [9.17, 15) is 0 Å². The molecule has 0 saturated heterocycles. The third-order valence-corrected chi connectivity index (χ3v) is 8.31. The molecule has 0 fully saturated rings. The quantitative estimate of drug-likeness (QED) is 0.171. The molecule has 0 aliphatic rings. The number of ether oxygens (including phenoxy) is 2. The Labute approximate surface area is 206 Å². The minimum absolute atomic E-state index is 0.525. The summed E-state index contributed by atoms with van der Waals surface area (Å²) in [5.41, 5.74) is 7.11. The van der Waals surface area contributed by atoms with Gasteiger partial charge in [0.1, 0.15) is 12.5 Å². The fourth-order valence-electron chi connectivity index (χ4n) is 4.11. The molecule has 0 unspecified atom stereocenters. The lowest BCUT2D eigenvalue weighted by molar-refractivity contribution is 0.0913. The van der Waals surface area contributed by atoms with Gasteiger partial charge < -0.3 is 14.0 Å². The first-order valence-corrected chi connectivity index (χ1v) is 15.9. The number of hydrogen-bond donors (Lipinski definition) is 0. The molecule has 5 heteroatoms. The summed E-state index contributed by atoms with van der Waals surface area (Å²) in [4.78, 5) is 0. The van der Waals surface area contributed by atoms with Crippen molar-refractivity contribution < 1.29 is 9.47 Å².